The summed E-state index contributed by atoms with van der Waals surface area (Å²) < 4.78 is 0. The molecule has 0 rings (SSSR count). The summed E-state index contributed by atoms with van der Waals surface area (Å²) in [5, 5.41) is 8.42. The summed E-state index contributed by atoms with van der Waals surface area (Å²) in [5.41, 5.74) is 5.38. The molecule has 0 saturated carbocycles. The average molecular weight is 116 g/mol. The third-order valence-corrected chi connectivity index (χ3v) is 1.06. The van der Waals surface area contributed by atoms with E-state index < -0.39 is 0 Å². The molecule has 2 nitrogen and oxygen atoms in total. The Balaban J connectivity index is 2.86. The minimum Gasteiger partial charge on any atom is -0.395 e. The van der Waals surface area contributed by atoms with Crippen LogP contribution in [-0.4, -0.2) is 17.8 Å². The van der Waals surface area contributed by atoms with Crippen molar-refractivity contribution in [1.29, 1.82) is 0 Å². The summed E-state index contributed by atoms with van der Waals surface area (Å²) in [4.78, 5) is 0. The van der Waals surface area contributed by atoms with Gasteiger partial charge in [-0.3, -0.25) is 0 Å². The lowest BCUT2D eigenvalue weighted by Crippen LogP contribution is -2.23. The summed E-state index contributed by atoms with van der Waals surface area (Å²) in [5.74, 6) is 0. The van der Waals surface area contributed by atoms with E-state index in [4.69, 9.17) is 10.8 Å². The molecule has 0 spiro atoms. The molecular weight excluding hydrogens is 102 g/mol. The van der Waals surface area contributed by atoms with Crippen LogP contribution < -0.4 is 5.73 Å². The van der Waals surface area contributed by atoms with Crippen LogP contribution in [0.4, 0.5) is 0 Å². The first-order valence-electron chi connectivity index (χ1n) is 2.97. The second kappa shape index (κ2) is 5.06. The summed E-state index contributed by atoms with van der Waals surface area (Å²) in [6, 6.07) is -0.0308. The first kappa shape index (κ1) is 7.92. The Labute approximate surface area is 50.7 Å². The lowest BCUT2D eigenvalue weighted by molar-refractivity contribution is 0.258. The van der Waals surface area contributed by atoms with Crippen LogP contribution in [-0.2, 0) is 0 Å². The third kappa shape index (κ3) is 4.09. The predicted molar refractivity (Wildman–Crippen MR) is 34.3 cm³/mol. The molecule has 1 radical (unpaired) electrons. The maximum absolute atomic E-state index is 8.42. The highest BCUT2D eigenvalue weighted by molar-refractivity contribution is 4.58. The fourth-order valence-corrected chi connectivity index (χ4v) is 0.498. The van der Waals surface area contributed by atoms with E-state index >= 15 is 0 Å². The van der Waals surface area contributed by atoms with Gasteiger partial charge in [-0.05, 0) is 6.42 Å². The summed E-state index contributed by atoms with van der Waals surface area (Å²) in [7, 11) is 0. The topological polar surface area (TPSA) is 46.2 Å². The fourth-order valence-electron chi connectivity index (χ4n) is 0.498. The van der Waals surface area contributed by atoms with Crippen molar-refractivity contribution in [3.05, 3.63) is 6.92 Å². The molecule has 1 atom stereocenters. The van der Waals surface area contributed by atoms with Gasteiger partial charge < -0.3 is 10.8 Å². The van der Waals surface area contributed by atoms with E-state index in [0.717, 1.165) is 19.3 Å². The van der Waals surface area contributed by atoms with Crippen molar-refractivity contribution in [2.24, 2.45) is 5.73 Å². The van der Waals surface area contributed by atoms with Gasteiger partial charge in [-0.2, -0.15) is 0 Å². The Morgan fingerprint density at radius 3 is 2.62 bits per heavy atom. The molecule has 0 aromatic carbocycles. The van der Waals surface area contributed by atoms with Crippen molar-refractivity contribution in [1.82, 2.24) is 0 Å². The highest BCUT2D eigenvalue weighted by Crippen LogP contribution is 1.95. The lowest BCUT2D eigenvalue weighted by Gasteiger charge is -2.04. The molecule has 0 fully saturated rings. The number of rotatable bonds is 4. The highest BCUT2D eigenvalue weighted by Gasteiger charge is 1.96. The smallest absolute Gasteiger partial charge is 0.0582 e. The molecule has 2 heteroatoms. The zero-order valence-corrected chi connectivity index (χ0v) is 5.14. The van der Waals surface area contributed by atoms with Crippen molar-refractivity contribution in [3.63, 3.8) is 0 Å². The lowest BCUT2D eigenvalue weighted by atomic mass is 10.1. The molecule has 0 aliphatic rings. The van der Waals surface area contributed by atoms with E-state index in [1.807, 2.05) is 0 Å². The number of unbranched alkanes of at least 4 members (excludes halogenated alkanes) is 1. The second-order valence-corrected chi connectivity index (χ2v) is 1.94. The quantitative estimate of drug-likeness (QED) is 0.555. The number of aliphatic hydroxyl groups excluding tert-OH is 1. The normalized spacial score (nSPS) is 13.9. The summed E-state index contributed by atoms with van der Waals surface area (Å²) in [6.07, 6.45) is 2.81. The Morgan fingerprint density at radius 2 is 2.25 bits per heavy atom. The summed E-state index contributed by atoms with van der Waals surface area (Å²) >= 11 is 0. The Hall–Kier alpha value is -0.0800. The molecule has 8 heavy (non-hydrogen) atoms. The molecule has 0 saturated heterocycles. The van der Waals surface area contributed by atoms with E-state index in [1.165, 1.54) is 0 Å². The van der Waals surface area contributed by atoms with E-state index in [-0.39, 0.29) is 12.6 Å². The first-order valence-corrected chi connectivity index (χ1v) is 2.97. The number of hydrogen-bond acceptors (Lipinski definition) is 2. The van der Waals surface area contributed by atoms with Crippen LogP contribution in [0.5, 0.6) is 0 Å². The maximum atomic E-state index is 8.42. The molecule has 0 amide bonds. The number of hydrogen-bond donors (Lipinski definition) is 2. The zero-order chi connectivity index (χ0) is 6.41. The first-order chi connectivity index (χ1) is 3.81. The molecular formula is C6H14NO. The minimum atomic E-state index is -0.0308. The monoisotopic (exact) mass is 116 g/mol. The van der Waals surface area contributed by atoms with Crippen molar-refractivity contribution >= 4 is 0 Å². The van der Waals surface area contributed by atoms with Crippen LogP contribution >= 0.6 is 0 Å². The molecule has 0 heterocycles. The van der Waals surface area contributed by atoms with Crippen LogP contribution in [0.15, 0.2) is 0 Å². The molecule has 49 valence electrons. The van der Waals surface area contributed by atoms with E-state index in [9.17, 15) is 0 Å². The Bertz CT molecular complexity index is 47.8. The SMILES string of the molecule is [CH2]CCCC(N)CO. The number of aliphatic hydroxyl groups is 1. The fraction of sp³-hybridized carbons (Fsp3) is 0.833. The van der Waals surface area contributed by atoms with Crippen LogP contribution in [0.2, 0.25) is 0 Å². The van der Waals surface area contributed by atoms with Gasteiger partial charge in [0.1, 0.15) is 0 Å². The molecule has 0 bridgehead atoms. The Kier molecular flexibility index (Phi) is 5.01. The van der Waals surface area contributed by atoms with E-state index in [0.29, 0.717) is 0 Å². The van der Waals surface area contributed by atoms with Gasteiger partial charge in [0.15, 0.2) is 0 Å². The highest BCUT2D eigenvalue weighted by atomic mass is 16.3. The maximum Gasteiger partial charge on any atom is 0.0582 e. The van der Waals surface area contributed by atoms with E-state index in [2.05, 4.69) is 6.92 Å². The molecule has 0 aliphatic heterocycles. The van der Waals surface area contributed by atoms with Gasteiger partial charge in [0.2, 0.25) is 0 Å². The van der Waals surface area contributed by atoms with Gasteiger partial charge >= 0.3 is 0 Å². The van der Waals surface area contributed by atoms with Gasteiger partial charge in [0, 0.05) is 6.04 Å². The molecule has 1 unspecified atom stereocenters. The van der Waals surface area contributed by atoms with Crippen LogP contribution in [0.25, 0.3) is 0 Å². The van der Waals surface area contributed by atoms with Crippen LogP contribution in [0, 0.1) is 6.92 Å². The molecule has 0 aliphatic carbocycles. The van der Waals surface area contributed by atoms with Gasteiger partial charge in [-0.25, -0.2) is 0 Å². The second-order valence-electron chi connectivity index (χ2n) is 1.94. The standard InChI is InChI=1S/C6H14NO/c1-2-3-4-6(7)5-8/h6,8H,1-5,7H2. The zero-order valence-electron chi connectivity index (χ0n) is 5.14. The summed E-state index contributed by atoms with van der Waals surface area (Å²) in [6.45, 7) is 3.75. The largest absolute Gasteiger partial charge is 0.395 e. The molecule has 3 N–H and O–H groups in total. The van der Waals surface area contributed by atoms with Crippen molar-refractivity contribution in [2.45, 2.75) is 25.3 Å². The third-order valence-electron chi connectivity index (χ3n) is 1.06. The number of nitrogens with two attached hydrogens (primary N) is 1. The van der Waals surface area contributed by atoms with Crippen LogP contribution in [0.1, 0.15) is 19.3 Å². The Morgan fingerprint density at radius 1 is 1.62 bits per heavy atom. The average Bonchev–Trinajstić information content (AvgIpc) is 1.83. The van der Waals surface area contributed by atoms with Gasteiger partial charge in [0.05, 0.1) is 6.61 Å². The van der Waals surface area contributed by atoms with Gasteiger partial charge in [0.25, 0.3) is 0 Å². The molecule has 0 aromatic rings. The molecule has 0 aromatic heterocycles. The van der Waals surface area contributed by atoms with Crippen LogP contribution in [0.3, 0.4) is 0 Å². The van der Waals surface area contributed by atoms with Crippen molar-refractivity contribution < 1.29 is 5.11 Å². The predicted octanol–water partition coefficient (Wildman–Crippen LogP) is 0.310. The van der Waals surface area contributed by atoms with Gasteiger partial charge in [-0.15, -0.1) is 0 Å². The van der Waals surface area contributed by atoms with Gasteiger partial charge in [-0.1, -0.05) is 19.8 Å². The van der Waals surface area contributed by atoms with Crippen molar-refractivity contribution in [2.75, 3.05) is 6.61 Å². The van der Waals surface area contributed by atoms with E-state index in [1.54, 1.807) is 0 Å². The van der Waals surface area contributed by atoms with Crippen molar-refractivity contribution in [3.8, 4) is 0 Å². The minimum absolute atomic E-state index is 0.0308.